The molecule has 84 valence electrons. The first-order valence-corrected chi connectivity index (χ1v) is 5.29. The Hall–Kier alpha value is -0.600. The molecule has 2 N–H and O–H groups in total. The predicted molar refractivity (Wildman–Crippen MR) is 62.5 cm³/mol. The van der Waals surface area contributed by atoms with Crippen molar-refractivity contribution in [2.75, 3.05) is 0 Å². The number of benzene rings is 1. The fraction of sp³-hybridized carbons (Fsp3) is 0.500. The van der Waals surface area contributed by atoms with Crippen molar-refractivity contribution in [2.45, 2.75) is 31.7 Å². The van der Waals surface area contributed by atoms with E-state index in [9.17, 15) is 4.39 Å². The Bertz CT molecular complexity index is 310. The number of hydrogen-bond donors (Lipinski definition) is 1. The quantitative estimate of drug-likeness (QED) is 0.826. The van der Waals surface area contributed by atoms with Gasteiger partial charge in [-0.05, 0) is 24.8 Å². The standard InChI is InChI=1S/C12H16FN.ClH/c13-11-8-4-3-7-10(11)12(14)9-5-1-2-6-9;/h3-4,7-9,12H,1-2,5-6,14H2;1H/t12-;/m0./s1. The van der Waals surface area contributed by atoms with Gasteiger partial charge in [0.1, 0.15) is 5.82 Å². The number of halogens is 2. The summed E-state index contributed by atoms with van der Waals surface area (Å²) in [4.78, 5) is 0. The first-order chi connectivity index (χ1) is 6.79. The highest BCUT2D eigenvalue weighted by molar-refractivity contribution is 5.85. The summed E-state index contributed by atoms with van der Waals surface area (Å²) in [6, 6.07) is 6.74. The van der Waals surface area contributed by atoms with Crippen LogP contribution in [0, 0.1) is 11.7 Å². The van der Waals surface area contributed by atoms with Gasteiger partial charge in [-0.15, -0.1) is 12.4 Å². The summed E-state index contributed by atoms with van der Waals surface area (Å²) in [5, 5.41) is 0. The lowest BCUT2D eigenvalue weighted by Crippen LogP contribution is -2.20. The molecule has 1 aromatic rings. The molecule has 0 spiro atoms. The van der Waals surface area contributed by atoms with E-state index in [1.807, 2.05) is 6.07 Å². The highest BCUT2D eigenvalue weighted by atomic mass is 35.5. The molecule has 1 atom stereocenters. The van der Waals surface area contributed by atoms with Crippen molar-refractivity contribution < 1.29 is 4.39 Å². The van der Waals surface area contributed by atoms with Gasteiger partial charge < -0.3 is 5.73 Å². The lowest BCUT2D eigenvalue weighted by atomic mass is 9.92. The van der Waals surface area contributed by atoms with Gasteiger partial charge >= 0.3 is 0 Å². The normalized spacial score (nSPS) is 18.5. The van der Waals surface area contributed by atoms with Crippen LogP contribution in [0.3, 0.4) is 0 Å². The van der Waals surface area contributed by atoms with Crippen LogP contribution in [0.5, 0.6) is 0 Å². The third-order valence-corrected chi connectivity index (χ3v) is 3.17. The van der Waals surface area contributed by atoms with Gasteiger partial charge in [0.05, 0.1) is 0 Å². The molecule has 1 aromatic carbocycles. The monoisotopic (exact) mass is 229 g/mol. The fourth-order valence-corrected chi connectivity index (χ4v) is 2.32. The largest absolute Gasteiger partial charge is 0.324 e. The molecule has 15 heavy (non-hydrogen) atoms. The summed E-state index contributed by atoms with van der Waals surface area (Å²) in [6.45, 7) is 0. The van der Waals surface area contributed by atoms with Crippen LogP contribution in [0.15, 0.2) is 24.3 Å². The molecule has 0 unspecified atom stereocenters. The zero-order chi connectivity index (χ0) is 9.97. The molecule has 1 nitrogen and oxygen atoms in total. The first kappa shape index (κ1) is 12.5. The van der Waals surface area contributed by atoms with Gasteiger partial charge in [0.25, 0.3) is 0 Å². The van der Waals surface area contributed by atoms with Gasteiger partial charge in [0.15, 0.2) is 0 Å². The van der Waals surface area contributed by atoms with Crippen molar-refractivity contribution in [3.05, 3.63) is 35.6 Å². The van der Waals surface area contributed by atoms with Crippen LogP contribution in [-0.4, -0.2) is 0 Å². The fourth-order valence-electron chi connectivity index (χ4n) is 2.32. The Kier molecular flexibility index (Phi) is 4.55. The average molecular weight is 230 g/mol. The smallest absolute Gasteiger partial charge is 0.127 e. The molecule has 0 bridgehead atoms. The number of rotatable bonds is 2. The molecule has 0 aliphatic heterocycles. The molecule has 2 rings (SSSR count). The maximum atomic E-state index is 13.4. The minimum absolute atomic E-state index is 0. The zero-order valence-electron chi connectivity index (χ0n) is 8.66. The average Bonchev–Trinajstić information content (AvgIpc) is 2.70. The zero-order valence-corrected chi connectivity index (χ0v) is 9.47. The predicted octanol–water partition coefficient (Wildman–Crippen LogP) is 3.44. The summed E-state index contributed by atoms with van der Waals surface area (Å²) in [5.74, 6) is 0.318. The number of hydrogen-bond acceptors (Lipinski definition) is 1. The number of nitrogens with two attached hydrogens (primary N) is 1. The minimum Gasteiger partial charge on any atom is -0.324 e. The van der Waals surface area contributed by atoms with Gasteiger partial charge in [0, 0.05) is 11.6 Å². The van der Waals surface area contributed by atoms with Gasteiger partial charge in [-0.2, -0.15) is 0 Å². The molecule has 0 amide bonds. The second kappa shape index (κ2) is 5.47. The van der Waals surface area contributed by atoms with E-state index in [-0.39, 0.29) is 24.3 Å². The van der Waals surface area contributed by atoms with Crippen molar-refractivity contribution in [2.24, 2.45) is 11.7 Å². The van der Waals surface area contributed by atoms with E-state index in [1.54, 1.807) is 12.1 Å². The second-order valence-corrected chi connectivity index (χ2v) is 4.09. The minimum atomic E-state index is -0.160. The van der Waals surface area contributed by atoms with Crippen molar-refractivity contribution in [3.63, 3.8) is 0 Å². The Labute approximate surface area is 96.3 Å². The molecule has 1 aliphatic carbocycles. The molecule has 1 fully saturated rings. The summed E-state index contributed by atoms with van der Waals surface area (Å²) < 4.78 is 13.4. The molecule has 3 heteroatoms. The van der Waals surface area contributed by atoms with Gasteiger partial charge in [-0.1, -0.05) is 31.0 Å². The molecule has 0 saturated heterocycles. The maximum absolute atomic E-state index is 13.4. The Morgan fingerprint density at radius 3 is 2.40 bits per heavy atom. The Morgan fingerprint density at radius 2 is 1.80 bits per heavy atom. The van der Waals surface area contributed by atoms with E-state index in [0.717, 1.165) is 12.8 Å². The lowest BCUT2D eigenvalue weighted by Gasteiger charge is -2.19. The molecule has 1 saturated carbocycles. The van der Waals surface area contributed by atoms with Crippen molar-refractivity contribution in [1.82, 2.24) is 0 Å². The SMILES string of the molecule is Cl.N[C@H](c1ccccc1F)C1CCCC1. The Morgan fingerprint density at radius 1 is 1.20 bits per heavy atom. The van der Waals surface area contributed by atoms with E-state index in [0.29, 0.717) is 11.5 Å². The van der Waals surface area contributed by atoms with Crippen LogP contribution in [0.2, 0.25) is 0 Å². The molecule has 0 heterocycles. The van der Waals surface area contributed by atoms with E-state index in [1.165, 1.54) is 18.9 Å². The van der Waals surface area contributed by atoms with Crippen molar-refractivity contribution in [1.29, 1.82) is 0 Å². The molecular weight excluding hydrogens is 213 g/mol. The van der Waals surface area contributed by atoms with Crippen molar-refractivity contribution >= 4 is 12.4 Å². The third kappa shape index (κ3) is 2.70. The van der Waals surface area contributed by atoms with Gasteiger partial charge in [-0.3, -0.25) is 0 Å². The van der Waals surface area contributed by atoms with E-state index < -0.39 is 0 Å². The van der Waals surface area contributed by atoms with Gasteiger partial charge in [-0.25, -0.2) is 4.39 Å². The summed E-state index contributed by atoms with van der Waals surface area (Å²) >= 11 is 0. The second-order valence-electron chi connectivity index (χ2n) is 4.09. The van der Waals surface area contributed by atoms with E-state index in [2.05, 4.69) is 0 Å². The van der Waals surface area contributed by atoms with Crippen LogP contribution in [0.25, 0.3) is 0 Å². The maximum Gasteiger partial charge on any atom is 0.127 e. The topological polar surface area (TPSA) is 26.0 Å². The van der Waals surface area contributed by atoms with Crippen LogP contribution in [0.4, 0.5) is 4.39 Å². The van der Waals surface area contributed by atoms with E-state index in [4.69, 9.17) is 5.73 Å². The van der Waals surface area contributed by atoms with Crippen LogP contribution in [0.1, 0.15) is 37.3 Å². The van der Waals surface area contributed by atoms with Gasteiger partial charge in [0.2, 0.25) is 0 Å². The first-order valence-electron chi connectivity index (χ1n) is 5.29. The Balaban J connectivity index is 0.00000112. The highest BCUT2D eigenvalue weighted by Crippen LogP contribution is 2.34. The molecule has 0 aromatic heterocycles. The molecule has 1 aliphatic rings. The molecule has 0 radical (unpaired) electrons. The highest BCUT2D eigenvalue weighted by Gasteiger charge is 2.24. The summed E-state index contributed by atoms with van der Waals surface area (Å²) in [5.41, 5.74) is 6.74. The van der Waals surface area contributed by atoms with E-state index >= 15 is 0 Å². The third-order valence-electron chi connectivity index (χ3n) is 3.17. The summed E-state index contributed by atoms with van der Waals surface area (Å²) in [6.07, 6.45) is 4.78. The van der Waals surface area contributed by atoms with Crippen LogP contribution in [-0.2, 0) is 0 Å². The van der Waals surface area contributed by atoms with Crippen LogP contribution < -0.4 is 5.73 Å². The van der Waals surface area contributed by atoms with Crippen molar-refractivity contribution in [3.8, 4) is 0 Å². The van der Waals surface area contributed by atoms with Crippen LogP contribution >= 0.6 is 12.4 Å². The summed E-state index contributed by atoms with van der Waals surface area (Å²) in [7, 11) is 0. The lowest BCUT2D eigenvalue weighted by molar-refractivity contribution is 0.429. The molecular formula is C12H17ClFN.